The van der Waals surface area contributed by atoms with Gasteiger partial charge in [0, 0.05) is 0 Å². The van der Waals surface area contributed by atoms with Crippen molar-refractivity contribution in [1.29, 1.82) is 0 Å². The molecule has 1 aliphatic heterocycles. The summed E-state index contributed by atoms with van der Waals surface area (Å²) in [5.41, 5.74) is -0.539. The molecule has 6 nitrogen and oxygen atoms in total. The second kappa shape index (κ2) is 4.09. The number of rotatable bonds is 1. The van der Waals surface area contributed by atoms with Crippen LogP contribution in [0.5, 0.6) is 0 Å². The van der Waals surface area contributed by atoms with Crippen LogP contribution in [-0.4, -0.2) is 51.2 Å². The lowest BCUT2D eigenvalue weighted by Crippen LogP contribution is -2.57. The quantitative estimate of drug-likeness (QED) is 0.512. The standard InChI is InChI=1S/C8H17NO5/c1-8(2,3)14-9-7(12)6(11)5(10)4-13-9/h5-7,10-12H,4H2,1-3H3/t5-,6?,7?/m1/s1. The zero-order chi connectivity index (χ0) is 10.9. The van der Waals surface area contributed by atoms with Gasteiger partial charge < -0.3 is 15.3 Å². The van der Waals surface area contributed by atoms with Crippen LogP contribution in [0.2, 0.25) is 0 Å². The summed E-state index contributed by atoms with van der Waals surface area (Å²) in [5.74, 6) is 0. The molecule has 2 unspecified atom stereocenters. The van der Waals surface area contributed by atoms with Gasteiger partial charge in [0.25, 0.3) is 0 Å². The third kappa shape index (κ3) is 2.88. The lowest BCUT2D eigenvalue weighted by Gasteiger charge is -2.38. The van der Waals surface area contributed by atoms with Gasteiger partial charge in [0.1, 0.15) is 12.2 Å². The fourth-order valence-corrected chi connectivity index (χ4v) is 0.998. The first-order valence-corrected chi connectivity index (χ1v) is 4.47. The molecule has 0 aromatic carbocycles. The number of aliphatic hydroxyl groups is 3. The Morgan fingerprint density at radius 3 is 2.36 bits per heavy atom. The van der Waals surface area contributed by atoms with Crippen molar-refractivity contribution in [1.82, 2.24) is 5.23 Å². The molecule has 1 fully saturated rings. The zero-order valence-corrected chi connectivity index (χ0v) is 8.54. The first-order chi connectivity index (χ1) is 6.31. The van der Waals surface area contributed by atoms with E-state index in [9.17, 15) is 10.2 Å². The average molecular weight is 207 g/mol. The average Bonchev–Trinajstić information content (AvgIpc) is 2.04. The molecule has 0 saturated carbocycles. The molecule has 1 heterocycles. The Morgan fingerprint density at radius 1 is 1.29 bits per heavy atom. The van der Waals surface area contributed by atoms with E-state index in [1.807, 2.05) is 0 Å². The zero-order valence-electron chi connectivity index (χ0n) is 8.54. The van der Waals surface area contributed by atoms with Crippen LogP contribution < -0.4 is 0 Å². The molecule has 0 bridgehead atoms. The van der Waals surface area contributed by atoms with Gasteiger partial charge in [-0.15, -0.1) is 0 Å². The Bertz CT molecular complexity index is 193. The third-order valence-electron chi connectivity index (χ3n) is 1.65. The van der Waals surface area contributed by atoms with Crippen molar-refractivity contribution in [2.75, 3.05) is 6.61 Å². The highest BCUT2D eigenvalue weighted by Crippen LogP contribution is 2.19. The summed E-state index contributed by atoms with van der Waals surface area (Å²) in [4.78, 5) is 10.1. The molecule has 1 aliphatic rings. The van der Waals surface area contributed by atoms with Gasteiger partial charge in [0.2, 0.25) is 0 Å². The van der Waals surface area contributed by atoms with E-state index in [4.69, 9.17) is 14.8 Å². The molecular weight excluding hydrogens is 190 g/mol. The molecule has 0 aromatic heterocycles. The highest BCUT2D eigenvalue weighted by atomic mass is 17.0. The maximum absolute atomic E-state index is 9.44. The maximum atomic E-state index is 9.44. The summed E-state index contributed by atoms with van der Waals surface area (Å²) in [6, 6.07) is 0. The Balaban J connectivity index is 2.55. The van der Waals surface area contributed by atoms with Crippen molar-refractivity contribution in [2.24, 2.45) is 0 Å². The second-order valence-corrected chi connectivity index (χ2v) is 4.26. The van der Waals surface area contributed by atoms with E-state index in [-0.39, 0.29) is 6.61 Å². The molecule has 0 spiro atoms. The minimum Gasteiger partial charge on any atom is -0.388 e. The molecule has 1 saturated heterocycles. The molecule has 3 atom stereocenters. The van der Waals surface area contributed by atoms with Crippen LogP contribution in [0.4, 0.5) is 0 Å². The van der Waals surface area contributed by atoms with E-state index in [1.54, 1.807) is 20.8 Å². The Kier molecular flexibility index (Phi) is 3.46. The topological polar surface area (TPSA) is 82.4 Å². The van der Waals surface area contributed by atoms with Crippen molar-refractivity contribution in [3.8, 4) is 0 Å². The van der Waals surface area contributed by atoms with Gasteiger partial charge in [0.15, 0.2) is 6.23 Å². The smallest absolute Gasteiger partial charge is 0.185 e. The molecule has 3 N–H and O–H groups in total. The predicted octanol–water partition coefficient (Wildman–Crippen LogP) is -0.996. The highest BCUT2D eigenvalue weighted by Gasteiger charge is 2.38. The molecule has 84 valence electrons. The third-order valence-corrected chi connectivity index (χ3v) is 1.65. The van der Waals surface area contributed by atoms with Crippen LogP contribution in [0, 0.1) is 0 Å². The van der Waals surface area contributed by atoms with Crippen molar-refractivity contribution in [2.45, 2.75) is 44.8 Å². The summed E-state index contributed by atoms with van der Waals surface area (Å²) in [7, 11) is 0. The van der Waals surface area contributed by atoms with Crippen LogP contribution in [0.1, 0.15) is 20.8 Å². The van der Waals surface area contributed by atoms with Gasteiger partial charge in [-0.25, -0.2) is 0 Å². The first kappa shape index (κ1) is 11.8. The first-order valence-electron chi connectivity index (χ1n) is 4.47. The fourth-order valence-electron chi connectivity index (χ4n) is 0.998. The molecule has 0 amide bonds. The predicted molar refractivity (Wildman–Crippen MR) is 46.6 cm³/mol. The number of nitrogens with zero attached hydrogens (tertiary/aromatic N) is 1. The molecular formula is C8H17NO5. The largest absolute Gasteiger partial charge is 0.388 e. The molecule has 1 rings (SSSR count). The SMILES string of the molecule is CC(C)(C)ON1OC[C@@H](O)C(O)C1O. The van der Waals surface area contributed by atoms with Gasteiger partial charge >= 0.3 is 0 Å². The monoisotopic (exact) mass is 207 g/mol. The highest BCUT2D eigenvalue weighted by molar-refractivity contribution is 4.75. The molecule has 0 aromatic rings. The lowest BCUT2D eigenvalue weighted by molar-refractivity contribution is -0.478. The van der Waals surface area contributed by atoms with Gasteiger partial charge in [-0.2, -0.15) is 0 Å². The maximum Gasteiger partial charge on any atom is 0.185 e. The Hall–Kier alpha value is -0.240. The Labute approximate surface area is 82.6 Å². The molecule has 0 aliphatic carbocycles. The van der Waals surface area contributed by atoms with E-state index in [1.165, 1.54) is 0 Å². The molecule has 6 heteroatoms. The molecule has 0 radical (unpaired) electrons. The van der Waals surface area contributed by atoms with Crippen molar-refractivity contribution >= 4 is 0 Å². The van der Waals surface area contributed by atoms with Crippen molar-refractivity contribution < 1.29 is 25.0 Å². The van der Waals surface area contributed by atoms with Crippen molar-refractivity contribution in [3.05, 3.63) is 0 Å². The van der Waals surface area contributed by atoms with Crippen LogP contribution >= 0.6 is 0 Å². The summed E-state index contributed by atoms with van der Waals surface area (Å²) < 4.78 is 0. The minimum atomic E-state index is -1.38. The van der Waals surface area contributed by atoms with E-state index in [2.05, 4.69) is 0 Å². The second-order valence-electron chi connectivity index (χ2n) is 4.26. The van der Waals surface area contributed by atoms with Gasteiger partial charge in [-0.05, 0) is 26.0 Å². The van der Waals surface area contributed by atoms with E-state index >= 15 is 0 Å². The number of hydroxylamine groups is 2. The summed E-state index contributed by atoms with van der Waals surface area (Å²) in [6.07, 6.45) is -3.76. The number of hydrogen-bond donors (Lipinski definition) is 3. The number of hydrogen-bond acceptors (Lipinski definition) is 6. The van der Waals surface area contributed by atoms with E-state index in [0.29, 0.717) is 0 Å². The van der Waals surface area contributed by atoms with E-state index in [0.717, 1.165) is 5.23 Å². The van der Waals surface area contributed by atoms with Crippen LogP contribution in [0.15, 0.2) is 0 Å². The van der Waals surface area contributed by atoms with E-state index < -0.39 is 24.0 Å². The number of aliphatic hydroxyl groups excluding tert-OH is 3. The van der Waals surface area contributed by atoms with Gasteiger partial charge in [-0.1, -0.05) is 0 Å². The summed E-state index contributed by atoms with van der Waals surface area (Å²) in [6.45, 7) is 5.23. The fraction of sp³-hybridized carbons (Fsp3) is 1.00. The summed E-state index contributed by atoms with van der Waals surface area (Å²) in [5, 5.41) is 28.7. The molecule has 14 heavy (non-hydrogen) atoms. The van der Waals surface area contributed by atoms with Gasteiger partial charge in [0.05, 0.1) is 12.2 Å². The van der Waals surface area contributed by atoms with Crippen molar-refractivity contribution in [3.63, 3.8) is 0 Å². The lowest BCUT2D eigenvalue weighted by atomic mass is 10.2. The van der Waals surface area contributed by atoms with Crippen LogP contribution in [-0.2, 0) is 9.68 Å². The minimum absolute atomic E-state index is 0.103. The van der Waals surface area contributed by atoms with Gasteiger partial charge in [-0.3, -0.25) is 9.68 Å². The Morgan fingerprint density at radius 2 is 1.86 bits per heavy atom. The van der Waals surface area contributed by atoms with Crippen LogP contribution in [0.25, 0.3) is 0 Å². The summed E-state index contributed by atoms with van der Waals surface area (Å²) >= 11 is 0. The normalized spacial score (nSPS) is 36.0. The van der Waals surface area contributed by atoms with Crippen LogP contribution in [0.3, 0.4) is 0 Å².